The number of carbonyl (C=O) groups excluding carboxylic acids is 2. The second kappa shape index (κ2) is 6.60. The van der Waals surface area contributed by atoms with Crippen LogP contribution in [0.4, 0.5) is 0 Å². The van der Waals surface area contributed by atoms with Crippen LogP contribution in [-0.2, 0) is 9.59 Å². The molecule has 24 heavy (non-hydrogen) atoms. The Labute approximate surface area is 145 Å². The van der Waals surface area contributed by atoms with Crippen molar-refractivity contribution in [3.8, 4) is 6.07 Å². The summed E-state index contributed by atoms with van der Waals surface area (Å²) in [5, 5.41) is 9.91. The van der Waals surface area contributed by atoms with Gasteiger partial charge in [0.2, 0.25) is 5.91 Å². The standard InChI is InChI=1S/C17H22N4O2S/c18-9-10-14(19)21-16(24-12-6-2-1-5-11(12)22)13(15(20)23)17(10)7-3-4-8-17/h12-13H,1-8,19H2,(H2,20,23). The van der Waals surface area contributed by atoms with Crippen molar-refractivity contribution in [2.24, 2.45) is 27.8 Å². The number of nitriles is 1. The van der Waals surface area contributed by atoms with Crippen molar-refractivity contribution in [2.45, 2.75) is 56.6 Å². The number of carbonyl (C=O) groups is 2. The van der Waals surface area contributed by atoms with E-state index in [1.165, 1.54) is 11.8 Å². The van der Waals surface area contributed by atoms with Crippen LogP contribution in [0.2, 0.25) is 0 Å². The number of hydrogen-bond donors (Lipinski definition) is 2. The maximum atomic E-state index is 12.3. The highest BCUT2D eigenvalue weighted by Gasteiger charge is 2.53. The van der Waals surface area contributed by atoms with E-state index in [0.717, 1.165) is 32.1 Å². The molecule has 3 rings (SSSR count). The summed E-state index contributed by atoms with van der Waals surface area (Å²) >= 11 is 1.34. The van der Waals surface area contributed by atoms with E-state index in [4.69, 9.17) is 11.5 Å². The third kappa shape index (κ3) is 2.73. The fourth-order valence-electron chi connectivity index (χ4n) is 4.30. The molecule has 128 valence electrons. The van der Waals surface area contributed by atoms with Crippen molar-refractivity contribution in [2.75, 3.05) is 0 Å². The molecule has 3 aliphatic rings. The number of amides is 1. The number of nitrogens with two attached hydrogens (primary N) is 2. The highest BCUT2D eigenvalue weighted by molar-refractivity contribution is 8.15. The minimum atomic E-state index is -0.651. The number of allylic oxidation sites excluding steroid dienone is 1. The minimum Gasteiger partial charge on any atom is -0.383 e. The van der Waals surface area contributed by atoms with Crippen LogP contribution >= 0.6 is 11.8 Å². The van der Waals surface area contributed by atoms with Gasteiger partial charge in [-0.1, -0.05) is 31.0 Å². The first-order chi connectivity index (χ1) is 11.5. The van der Waals surface area contributed by atoms with Gasteiger partial charge >= 0.3 is 0 Å². The molecule has 0 bridgehead atoms. The van der Waals surface area contributed by atoms with E-state index in [1.807, 2.05) is 0 Å². The Morgan fingerprint density at radius 2 is 2.00 bits per heavy atom. The van der Waals surface area contributed by atoms with Gasteiger partial charge in [-0.05, 0) is 25.7 Å². The normalized spacial score (nSPS) is 29.5. The molecule has 4 N–H and O–H groups in total. The Morgan fingerprint density at radius 1 is 1.29 bits per heavy atom. The number of nitrogens with zero attached hydrogens (tertiary/aromatic N) is 2. The summed E-state index contributed by atoms with van der Waals surface area (Å²) in [4.78, 5) is 28.8. The van der Waals surface area contributed by atoms with E-state index in [-0.39, 0.29) is 16.9 Å². The van der Waals surface area contributed by atoms with E-state index in [9.17, 15) is 14.9 Å². The molecule has 1 heterocycles. The lowest BCUT2D eigenvalue weighted by Gasteiger charge is -2.39. The largest absolute Gasteiger partial charge is 0.383 e. The van der Waals surface area contributed by atoms with Gasteiger partial charge in [0.1, 0.15) is 11.6 Å². The molecule has 0 aromatic rings. The number of primary amides is 1. The quantitative estimate of drug-likeness (QED) is 0.791. The van der Waals surface area contributed by atoms with Crippen LogP contribution in [0.15, 0.2) is 16.4 Å². The first-order valence-corrected chi connectivity index (χ1v) is 9.35. The van der Waals surface area contributed by atoms with Gasteiger partial charge in [-0.25, -0.2) is 4.99 Å². The summed E-state index contributed by atoms with van der Waals surface area (Å²) in [6, 6.07) is 2.17. The van der Waals surface area contributed by atoms with E-state index in [0.29, 0.717) is 29.9 Å². The van der Waals surface area contributed by atoms with Crippen molar-refractivity contribution >= 4 is 28.5 Å². The zero-order valence-electron chi connectivity index (χ0n) is 13.6. The SMILES string of the molecule is N#CC1=C(N)N=C(SC2CCCCC2=O)C(C(N)=O)C12CCCC2. The number of aliphatic imine (C=N–C) groups is 1. The molecule has 2 fully saturated rings. The lowest BCUT2D eigenvalue weighted by Crippen LogP contribution is -2.47. The van der Waals surface area contributed by atoms with Crippen LogP contribution in [0.5, 0.6) is 0 Å². The van der Waals surface area contributed by atoms with Crippen LogP contribution in [0, 0.1) is 22.7 Å². The zero-order valence-corrected chi connectivity index (χ0v) is 14.4. The van der Waals surface area contributed by atoms with Crippen molar-refractivity contribution in [3.05, 3.63) is 11.4 Å². The van der Waals surface area contributed by atoms with Gasteiger partial charge in [-0.2, -0.15) is 5.26 Å². The summed E-state index contributed by atoms with van der Waals surface area (Å²) in [5.74, 6) is -0.748. The third-order valence-electron chi connectivity index (χ3n) is 5.44. The molecule has 1 amide bonds. The van der Waals surface area contributed by atoms with E-state index in [2.05, 4.69) is 11.1 Å². The van der Waals surface area contributed by atoms with Crippen molar-refractivity contribution in [1.82, 2.24) is 0 Å². The first-order valence-electron chi connectivity index (χ1n) is 8.47. The molecule has 0 aromatic carbocycles. The minimum absolute atomic E-state index is 0.183. The summed E-state index contributed by atoms with van der Waals surface area (Å²) in [6.45, 7) is 0. The third-order valence-corrected chi connectivity index (χ3v) is 6.79. The topological polar surface area (TPSA) is 122 Å². The fraction of sp³-hybridized carbons (Fsp3) is 0.647. The van der Waals surface area contributed by atoms with Gasteiger partial charge in [0, 0.05) is 11.8 Å². The number of rotatable bonds is 2. The van der Waals surface area contributed by atoms with E-state index >= 15 is 0 Å². The summed E-state index contributed by atoms with van der Waals surface area (Å²) in [5.41, 5.74) is 11.5. The molecule has 0 saturated heterocycles. The van der Waals surface area contributed by atoms with E-state index in [1.54, 1.807) is 0 Å². The predicted molar refractivity (Wildman–Crippen MR) is 92.7 cm³/mol. The maximum Gasteiger partial charge on any atom is 0.228 e. The summed E-state index contributed by atoms with van der Waals surface area (Å²) < 4.78 is 0. The lowest BCUT2D eigenvalue weighted by molar-refractivity contribution is -0.122. The molecular formula is C17H22N4O2S. The number of ketones is 1. The predicted octanol–water partition coefficient (Wildman–Crippen LogP) is 2.00. The molecule has 1 spiro atoms. The van der Waals surface area contributed by atoms with Crippen molar-refractivity contribution in [3.63, 3.8) is 0 Å². The monoisotopic (exact) mass is 346 g/mol. The second-order valence-electron chi connectivity index (χ2n) is 6.84. The van der Waals surface area contributed by atoms with Gasteiger partial charge < -0.3 is 11.5 Å². The van der Waals surface area contributed by atoms with Crippen LogP contribution in [0.3, 0.4) is 0 Å². The van der Waals surface area contributed by atoms with Crippen LogP contribution < -0.4 is 11.5 Å². The number of Topliss-reactive ketones (excluding diaryl/α,β-unsaturated/α-hetero) is 1. The molecule has 1 aliphatic heterocycles. The highest BCUT2D eigenvalue weighted by atomic mass is 32.2. The Bertz CT molecular complexity index is 671. The molecule has 2 atom stereocenters. The fourth-order valence-corrected chi connectivity index (χ4v) is 5.75. The average Bonchev–Trinajstić information content (AvgIpc) is 2.98. The Kier molecular flexibility index (Phi) is 4.68. The summed E-state index contributed by atoms with van der Waals surface area (Å²) in [6.07, 6.45) is 6.57. The van der Waals surface area contributed by atoms with Crippen LogP contribution in [0.25, 0.3) is 0 Å². The molecule has 2 unspecified atom stereocenters. The van der Waals surface area contributed by atoms with Crippen molar-refractivity contribution in [1.29, 1.82) is 5.26 Å². The zero-order chi connectivity index (χ0) is 17.3. The average molecular weight is 346 g/mol. The van der Waals surface area contributed by atoms with E-state index < -0.39 is 17.2 Å². The Morgan fingerprint density at radius 3 is 2.58 bits per heavy atom. The molecular weight excluding hydrogens is 324 g/mol. The molecule has 2 saturated carbocycles. The molecule has 0 radical (unpaired) electrons. The van der Waals surface area contributed by atoms with Gasteiger partial charge in [-0.3, -0.25) is 9.59 Å². The first kappa shape index (κ1) is 17.0. The van der Waals surface area contributed by atoms with Crippen LogP contribution in [0.1, 0.15) is 51.4 Å². The number of thioether (sulfide) groups is 1. The molecule has 0 aromatic heterocycles. The Balaban J connectivity index is 2.00. The highest BCUT2D eigenvalue weighted by Crippen LogP contribution is 2.54. The molecule has 7 heteroatoms. The van der Waals surface area contributed by atoms with Gasteiger partial charge in [0.05, 0.1) is 27.9 Å². The smallest absolute Gasteiger partial charge is 0.228 e. The Hall–Kier alpha value is -1.81. The van der Waals surface area contributed by atoms with Crippen molar-refractivity contribution < 1.29 is 9.59 Å². The van der Waals surface area contributed by atoms with Crippen LogP contribution in [-0.4, -0.2) is 22.0 Å². The van der Waals surface area contributed by atoms with Gasteiger partial charge in [-0.15, -0.1) is 0 Å². The summed E-state index contributed by atoms with van der Waals surface area (Å²) in [7, 11) is 0. The lowest BCUT2D eigenvalue weighted by atomic mass is 9.67. The second-order valence-corrected chi connectivity index (χ2v) is 8.06. The van der Waals surface area contributed by atoms with Gasteiger partial charge in [0.25, 0.3) is 0 Å². The maximum absolute atomic E-state index is 12.3. The molecule has 2 aliphatic carbocycles. The van der Waals surface area contributed by atoms with Gasteiger partial charge in [0.15, 0.2) is 0 Å². The molecule has 6 nitrogen and oxygen atoms in total. The number of hydrogen-bond acceptors (Lipinski definition) is 6.